The van der Waals surface area contributed by atoms with E-state index in [1.165, 1.54) is 0 Å². The van der Waals surface area contributed by atoms with Crippen LogP contribution in [0.1, 0.15) is 10.4 Å². The Morgan fingerprint density at radius 3 is 2.50 bits per heavy atom. The van der Waals surface area contributed by atoms with Gasteiger partial charge < -0.3 is 18.9 Å². The van der Waals surface area contributed by atoms with Crippen molar-refractivity contribution in [3.63, 3.8) is 0 Å². The molecule has 0 aromatic heterocycles. The highest BCUT2D eigenvalue weighted by atomic mass is 16.5. The van der Waals surface area contributed by atoms with Crippen LogP contribution in [0.3, 0.4) is 0 Å². The predicted molar refractivity (Wildman–Crippen MR) is 66.6 cm³/mol. The van der Waals surface area contributed by atoms with Gasteiger partial charge in [-0.15, -0.1) is 0 Å². The first-order valence-corrected chi connectivity index (χ1v) is 5.64. The summed E-state index contributed by atoms with van der Waals surface area (Å²) < 4.78 is 20.8. The quantitative estimate of drug-likeness (QED) is 0.494. The van der Waals surface area contributed by atoms with E-state index in [1.807, 2.05) is 0 Å². The number of carbonyl (C=O) groups excluding carboxylic acids is 1. The third-order valence-electron chi connectivity index (χ3n) is 2.24. The summed E-state index contributed by atoms with van der Waals surface area (Å²) >= 11 is 0. The smallest absolute Gasteiger partial charge is 0.161 e. The molecule has 100 valence electrons. The van der Waals surface area contributed by atoms with Gasteiger partial charge in [0.05, 0.1) is 26.9 Å². The molecule has 0 spiro atoms. The fourth-order valence-electron chi connectivity index (χ4n) is 1.33. The first-order chi connectivity index (χ1) is 8.81. The lowest BCUT2D eigenvalue weighted by Crippen LogP contribution is -2.10. The maximum atomic E-state index is 10.7. The summed E-state index contributed by atoms with van der Waals surface area (Å²) in [5.74, 6) is 1.13. The molecule has 0 unspecified atom stereocenters. The standard InChI is InChI=1S/C13H18O5/c1-15-5-6-17-7-8-18-13-9-11(10-14)3-4-12(13)16-2/h3-4,9-10H,5-8H2,1-2H3. The average Bonchev–Trinajstić information content (AvgIpc) is 2.42. The SMILES string of the molecule is COCCOCCOc1cc(C=O)ccc1OC. The molecule has 0 atom stereocenters. The van der Waals surface area contributed by atoms with Crippen LogP contribution in [-0.4, -0.2) is 46.9 Å². The zero-order chi connectivity index (χ0) is 13.2. The minimum absolute atomic E-state index is 0.391. The van der Waals surface area contributed by atoms with Gasteiger partial charge in [-0.2, -0.15) is 0 Å². The highest BCUT2D eigenvalue weighted by Gasteiger charge is 2.05. The molecule has 5 heteroatoms. The van der Waals surface area contributed by atoms with Crippen LogP contribution < -0.4 is 9.47 Å². The number of hydrogen-bond acceptors (Lipinski definition) is 5. The van der Waals surface area contributed by atoms with Gasteiger partial charge in [-0.25, -0.2) is 0 Å². The number of rotatable bonds is 9. The number of hydrogen-bond donors (Lipinski definition) is 0. The molecule has 0 saturated heterocycles. The number of carbonyl (C=O) groups is 1. The molecule has 1 aromatic rings. The molecular weight excluding hydrogens is 236 g/mol. The lowest BCUT2D eigenvalue weighted by molar-refractivity contribution is 0.0540. The van der Waals surface area contributed by atoms with Crippen molar-refractivity contribution in [3.8, 4) is 11.5 Å². The van der Waals surface area contributed by atoms with Crippen LogP contribution in [0, 0.1) is 0 Å². The minimum atomic E-state index is 0.391. The first kappa shape index (κ1) is 14.5. The molecule has 1 aromatic carbocycles. The van der Waals surface area contributed by atoms with E-state index in [0.717, 1.165) is 6.29 Å². The Labute approximate surface area is 107 Å². The lowest BCUT2D eigenvalue weighted by Gasteiger charge is -2.11. The molecule has 0 aliphatic heterocycles. The van der Waals surface area contributed by atoms with Crippen LogP contribution in [0.5, 0.6) is 11.5 Å². The summed E-state index contributed by atoms with van der Waals surface area (Å²) in [5, 5.41) is 0. The third-order valence-corrected chi connectivity index (χ3v) is 2.24. The molecule has 0 fully saturated rings. The summed E-state index contributed by atoms with van der Waals surface area (Å²) in [5.41, 5.74) is 0.547. The van der Waals surface area contributed by atoms with Gasteiger partial charge in [0.2, 0.25) is 0 Å². The Bertz CT molecular complexity index is 364. The van der Waals surface area contributed by atoms with Crippen molar-refractivity contribution in [2.24, 2.45) is 0 Å². The Morgan fingerprint density at radius 2 is 1.83 bits per heavy atom. The molecule has 0 heterocycles. The summed E-state index contributed by atoms with van der Waals surface area (Å²) in [4.78, 5) is 10.7. The Kier molecular flexibility index (Phi) is 6.83. The molecule has 18 heavy (non-hydrogen) atoms. The second-order valence-corrected chi connectivity index (χ2v) is 3.48. The highest BCUT2D eigenvalue weighted by molar-refractivity contribution is 5.76. The number of methoxy groups -OCH3 is 2. The molecule has 0 saturated carbocycles. The monoisotopic (exact) mass is 254 g/mol. The van der Waals surface area contributed by atoms with E-state index in [0.29, 0.717) is 43.5 Å². The summed E-state index contributed by atoms with van der Waals surface area (Å²) in [6, 6.07) is 5.01. The molecular formula is C13H18O5. The van der Waals surface area contributed by atoms with Gasteiger partial charge in [-0.1, -0.05) is 0 Å². The van der Waals surface area contributed by atoms with Gasteiger partial charge >= 0.3 is 0 Å². The Hall–Kier alpha value is -1.59. The molecule has 1 rings (SSSR count). The maximum Gasteiger partial charge on any atom is 0.161 e. The van der Waals surface area contributed by atoms with Gasteiger partial charge in [0, 0.05) is 12.7 Å². The summed E-state index contributed by atoms with van der Waals surface area (Å²) in [6.45, 7) is 1.94. The van der Waals surface area contributed by atoms with Crippen LogP contribution in [0.15, 0.2) is 18.2 Å². The average molecular weight is 254 g/mol. The van der Waals surface area contributed by atoms with Gasteiger partial charge in [0.1, 0.15) is 12.9 Å². The Morgan fingerprint density at radius 1 is 1.06 bits per heavy atom. The van der Waals surface area contributed by atoms with E-state index in [1.54, 1.807) is 32.4 Å². The van der Waals surface area contributed by atoms with Gasteiger partial charge in [0.15, 0.2) is 11.5 Å². The highest BCUT2D eigenvalue weighted by Crippen LogP contribution is 2.27. The number of benzene rings is 1. The van der Waals surface area contributed by atoms with Crippen LogP contribution in [0.4, 0.5) is 0 Å². The second-order valence-electron chi connectivity index (χ2n) is 3.48. The third kappa shape index (κ3) is 4.73. The molecule has 0 N–H and O–H groups in total. The topological polar surface area (TPSA) is 54.0 Å². The van der Waals surface area contributed by atoms with E-state index >= 15 is 0 Å². The van der Waals surface area contributed by atoms with Crippen LogP contribution in [0.25, 0.3) is 0 Å². The van der Waals surface area contributed by atoms with Gasteiger partial charge in [-0.05, 0) is 18.2 Å². The van der Waals surface area contributed by atoms with E-state index in [4.69, 9.17) is 18.9 Å². The number of ether oxygens (including phenoxy) is 4. The lowest BCUT2D eigenvalue weighted by atomic mass is 10.2. The van der Waals surface area contributed by atoms with Crippen molar-refractivity contribution in [1.29, 1.82) is 0 Å². The van der Waals surface area contributed by atoms with Crippen LogP contribution in [0.2, 0.25) is 0 Å². The maximum absolute atomic E-state index is 10.7. The van der Waals surface area contributed by atoms with E-state index in [9.17, 15) is 4.79 Å². The summed E-state index contributed by atoms with van der Waals surface area (Å²) in [6.07, 6.45) is 0.765. The van der Waals surface area contributed by atoms with Crippen LogP contribution >= 0.6 is 0 Å². The van der Waals surface area contributed by atoms with Crippen molar-refractivity contribution in [3.05, 3.63) is 23.8 Å². The van der Waals surface area contributed by atoms with Gasteiger partial charge in [0.25, 0.3) is 0 Å². The molecule has 0 amide bonds. The van der Waals surface area contributed by atoms with Crippen molar-refractivity contribution in [2.45, 2.75) is 0 Å². The first-order valence-electron chi connectivity index (χ1n) is 5.64. The van der Waals surface area contributed by atoms with Crippen molar-refractivity contribution >= 4 is 6.29 Å². The van der Waals surface area contributed by atoms with Crippen LogP contribution in [-0.2, 0) is 9.47 Å². The largest absolute Gasteiger partial charge is 0.493 e. The zero-order valence-electron chi connectivity index (χ0n) is 10.7. The molecule has 0 aliphatic rings. The van der Waals surface area contributed by atoms with E-state index < -0.39 is 0 Å². The normalized spacial score (nSPS) is 10.1. The molecule has 0 bridgehead atoms. The van der Waals surface area contributed by atoms with E-state index in [-0.39, 0.29) is 0 Å². The van der Waals surface area contributed by atoms with Gasteiger partial charge in [-0.3, -0.25) is 4.79 Å². The zero-order valence-corrected chi connectivity index (χ0v) is 10.7. The minimum Gasteiger partial charge on any atom is -0.493 e. The molecule has 5 nitrogen and oxygen atoms in total. The van der Waals surface area contributed by atoms with Crippen molar-refractivity contribution in [1.82, 2.24) is 0 Å². The summed E-state index contributed by atoms with van der Waals surface area (Å²) in [7, 11) is 3.17. The molecule has 0 radical (unpaired) electrons. The van der Waals surface area contributed by atoms with Crippen molar-refractivity contribution < 1.29 is 23.7 Å². The fraction of sp³-hybridized carbons (Fsp3) is 0.462. The fourth-order valence-corrected chi connectivity index (χ4v) is 1.33. The molecule has 0 aliphatic carbocycles. The second kappa shape index (κ2) is 8.49. The Balaban J connectivity index is 2.42. The predicted octanol–water partition coefficient (Wildman–Crippen LogP) is 1.55. The van der Waals surface area contributed by atoms with E-state index in [2.05, 4.69) is 0 Å². The number of aldehydes is 1. The van der Waals surface area contributed by atoms with Crippen molar-refractivity contribution in [2.75, 3.05) is 40.6 Å².